The van der Waals surface area contributed by atoms with Gasteiger partial charge in [-0.3, -0.25) is 14.5 Å². The van der Waals surface area contributed by atoms with Crippen molar-refractivity contribution in [2.45, 2.75) is 39.2 Å². The molecule has 1 atom stereocenters. The Morgan fingerprint density at radius 2 is 2.06 bits per heavy atom. The van der Waals surface area contributed by atoms with E-state index in [-0.39, 0.29) is 23.8 Å². The summed E-state index contributed by atoms with van der Waals surface area (Å²) < 4.78 is 10.5. The number of ether oxygens (including phenoxy) is 1. The summed E-state index contributed by atoms with van der Waals surface area (Å²) in [7, 11) is 0. The number of hydrogen-bond donors (Lipinski definition) is 1. The van der Waals surface area contributed by atoms with E-state index in [1.54, 1.807) is 34.8 Å². The number of esters is 1. The van der Waals surface area contributed by atoms with Crippen molar-refractivity contribution in [1.82, 2.24) is 4.90 Å². The van der Waals surface area contributed by atoms with Gasteiger partial charge in [0, 0.05) is 15.3 Å². The normalized spacial score (nSPS) is 16.1. The first kappa shape index (κ1) is 22.8. The lowest BCUT2D eigenvalue weighted by atomic mass is 9.94. The molecule has 1 unspecified atom stereocenters. The van der Waals surface area contributed by atoms with E-state index in [0.29, 0.717) is 12.4 Å². The molecule has 1 N–H and O–H groups in total. The number of nitrogens with zero attached hydrogens (tertiary/aromatic N) is 1. The highest BCUT2D eigenvalue weighted by atomic mass is 32.1. The molecule has 1 saturated heterocycles. The highest BCUT2D eigenvalue weighted by molar-refractivity contribution is 7.16. The maximum Gasteiger partial charge on any atom is 0.309 e. The number of hydrogen-bond acceptors (Lipinski definition) is 7. The average molecular weight is 473 g/mol. The van der Waals surface area contributed by atoms with E-state index in [0.717, 1.165) is 42.9 Å². The summed E-state index contributed by atoms with van der Waals surface area (Å²) in [6, 6.07) is 9.83. The molecule has 0 aliphatic carbocycles. The molecule has 3 aromatic heterocycles. The van der Waals surface area contributed by atoms with Crippen molar-refractivity contribution < 1.29 is 18.7 Å². The summed E-state index contributed by atoms with van der Waals surface area (Å²) >= 11 is 3.33. The zero-order valence-electron chi connectivity index (χ0n) is 18.3. The van der Waals surface area contributed by atoms with Gasteiger partial charge in [-0.1, -0.05) is 13.0 Å². The van der Waals surface area contributed by atoms with Crippen LogP contribution in [0.15, 0.2) is 46.4 Å². The summed E-state index contributed by atoms with van der Waals surface area (Å²) in [6.07, 6.45) is 3.96. The van der Waals surface area contributed by atoms with Gasteiger partial charge in [-0.2, -0.15) is 0 Å². The number of carbonyl (C=O) groups is 2. The third-order valence-corrected chi connectivity index (χ3v) is 7.89. The number of furan rings is 1. The number of thiophene rings is 2. The predicted octanol–water partition coefficient (Wildman–Crippen LogP) is 5.58. The fraction of sp³-hybridized carbons (Fsp3) is 0.417. The highest BCUT2D eigenvalue weighted by Gasteiger charge is 2.33. The van der Waals surface area contributed by atoms with Crippen molar-refractivity contribution in [3.8, 4) is 0 Å². The lowest BCUT2D eigenvalue weighted by Crippen LogP contribution is -2.39. The highest BCUT2D eigenvalue weighted by Crippen LogP contribution is 2.42. The second-order valence-corrected chi connectivity index (χ2v) is 9.88. The molecule has 1 fully saturated rings. The van der Waals surface area contributed by atoms with E-state index in [4.69, 9.17) is 9.15 Å². The number of piperidine rings is 1. The Labute approximate surface area is 196 Å². The minimum Gasteiger partial charge on any atom is -0.466 e. The predicted molar refractivity (Wildman–Crippen MR) is 127 cm³/mol. The molecule has 0 spiro atoms. The standard InChI is InChI=1S/C24H28N2O4S2/c1-3-17-15-18(23(32-17)25-22(27)19-7-5-13-30-19)21(20-8-6-14-31-20)26-11-9-16(10-12-26)24(28)29-4-2/h5-8,13-16,21H,3-4,9-12H2,1-2H3,(H,25,27). The number of amides is 1. The second-order valence-electron chi connectivity index (χ2n) is 7.76. The van der Waals surface area contributed by atoms with E-state index >= 15 is 0 Å². The van der Waals surface area contributed by atoms with Gasteiger partial charge in [0.15, 0.2) is 5.76 Å². The van der Waals surface area contributed by atoms with Gasteiger partial charge in [-0.25, -0.2) is 0 Å². The van der Waals surface area contributed by atoms with E-state index in [1.807, 2.05) is 6.92 Å². The molecule has 4 rings (SSSR count). The summed E-state index contributed by atoms with van der Waals surface area (Å²) in [6.45, 7) is 5.99. The van der Waals surface area contributed by atoms with Crippen LogP contribution in [0, 0.1) is 5.92 Å². The molecule has 0 bridgehead atoms. The monoisotopic (exact) mass is 472 g/mol. The van der Waals surface area contributed by atoms with Crippen LogP contribution in [0.3, 0.4) is 0 Å². The molecule has 0 saturated carbocycles. The van der Waals surface area contributed by atoms with Gasteiger partial charge in [0.2, 0.25) is 0 Å². The summed E-state index contributed by atoms with van der Waals surface area (Å²) in [5.74, 6) is -0.0750. The van der Waals surface area contributed by atoms with Gasteiger partial charge in [0.05, 0.1) is 24.8 Å². The number of aryl methyl sites for hydroxylation is 1. The maximum absolute atomic E-state index is 12.7. The van der Waals surface area contributed by atoms with Crippen molar-refractivity contribution in [1.29, 1.82) is 0 Å². The van der Waals surface area contributed by atoms with Crippen LogP contribution in [0.25, 0.3) is 0 Å². The third-order valence-electron chi connectivity index (χ3n) is 5.75. The molecule has 3 aromatic rings. The Kier molecular flexibility index (Phi) is 7.44. The maximum atomic E-state index is 12.7. The van der Waals surface area contributed by atoms with Crippen LogP contribution in [0.5, 0.6) is 0 Å². The SMILES string of the molecule is CCOC(=O)C1CCN(C(c2cccs2)c2cc(CC)sc2NC(=O)c2ccco2)CC1. The van der Waals surface area contributed by atoms with Crippen molar-refractivity contribution >= 4 is 39.6 Å². The van der Waals surface area contributed by atoms with Gasteiger partial charge in [-0.15, -0.1) is 22.7 Å². The zero-order chi connectivity index (χ0) is 22.5. The van der Waals surface area contributed by atoms with Crippen molar-refractivity contribution in [3.63, 3.8) is 0 Å². The van der Waals surface area contributed by atoms with Crippen molar-refractivity contribution in [3.05, 3.63) is 63.1 Å². The molecule has 1 aliphatic rings. The molecule has 1 aliphatic heterocycles. The Hall–Kier alpha value is -2.42. The summed E-state index contributed by atoms with van der Waals surface area (Å²) in [4.78, 5) is 29.8. The number of rotatable bonds is 8. The molecule has 1 amide bonds. The van der Waals surface area contributed by atoms with Crippen LogP contribution in [-0.2, 0) is 16.0 Å². The molecular formula is C24H28N2O4S2. The van der Waals surface area contributed by atoms with Crippen LogP contribution in [0.4, 0.5) is 5.00 Å². The first-order chi connectivity index (χ1) is 15.6. The molecule has 32 heavy (non-hydrogen) atoms. The molecule has 4 heterocycles. The number of anilines is 1. The van der Waals surface area contributed by atoms with E-state index in [9.17, 15) is 9.59 Å². The van der Waals surface area contributed by atoms with Crippen LogP contribution < -0.4 is 5.32 Å². The van der Waals surface area contributed by atoms with Crippen LogP contribution >= 0.6 is 22.7 Å². The zero-order valence-corrected chi connectivity index (χ0v) is 20.0. The molecule has 6 nitrogen and oxygen atoms in total. The first-order valence-electron chi connectivity index (χ1n) is 11.0. The molecule has 8 heteroatoms. The summed E-state index contributed by atoms with van der Waals surface area (Å²) in [5.41, 5.74) is 1.10. The number of likely N-dealkylation sites (tertiary alicyclic amines) is 1. The average Bonchev–Trinajstić information content (AvgIpc) is 3.58. The van der Waals surface area contributed by atoms with E-state index in [1.165, 1.54) is 16.0 Å². The van der Waals surface area contributed by atoms with Gasteiger partial charge < -0.3 is 14.5 Å². The van der Waals surface area contributed by atoms with E-state index < -0.39 is 0 Å². The van der Waals surface area contributed by atoms with E-state index in [2.05, 4.69) is 40.7 Å². The fourth-order valence-corrected chi connectivity index (χ4v) is 6.04. The lowest BCUT2D eigenvalue weighted by molar-refractivity contribution is -0.149. The van der Waals surface area contributed by atoms with Crippen molar-refractivity contribution in [2.24, 2.45) is 5.92 Å². The minimum atomic E-state index is -0.244. The van der Waals surface area contributed by atoms with Gasteiger partial charge in [-0.05, 0) is 68.9 Å². The van der Waals surface area contributed by atoms with Crippen LogP contribution in [0.1, 0.15) is 58.6 Å². The first-order valence-corrected chi connectivity index (χ1v) is 12.7. The number of nitrogens with one attached hydrogen (secondary N) is 1. The third kappa shape index (κ3) is 4.98. The molecular weight excluding hydrogens is 444 g/mol. The van der Waals surface area contributed by atoms with Crippen molar-refractivity contribution in [2.75, 3.05) is 25.0 Å². The Bertz CT molecular complexity index is 1020. The Morgan fingerprint density at radius 1 is 1.25 bits per heavy atom. The molecule has 170 valence electrons. The second kappa shape index (κ2) is 10.5. The topological polar surface area (TPSA) is 71.8 Å². The fourth-order valence-electron chi connectivity index (χ4n) is 4.14. The Morgan fingerprint density at radius 3 is 2.69 bits per heavy atom. The Balaban J connectivity index is 1.61. The van der Waals surface area contributed by atoms with Gasteiger partial charge in [0.1, 0.15) is 5.00 Å². The molecule has 0 aromatic carbocycles. The number of carbonyl (C=O) groups excluding carboxylic acids is 2. The van der Waals surface area contributed by atoms with Crippen LogP contribution in [0.2, 0.25) is 0 Å². The minimum absolute atomic E-state index is 0.0293. The largest absolute Gasteiger partial charge is 0.466 e. The summed E-state index contributed by atoms with van der Waals surface area (Å²) in [5, 5.41) is 6.02. The molecule has 0 radical (unpaired) electrons. The smallest absolute Gasteiger partial charge is 0.309 e. The van der Waals surface area contributed by atoms with Crippen LogP contribution in [-0.4, -0.2) is 36.5 Å². The lowest BCUT2D eigenvalue weighted by Gasteiger charge is -2.36. The quantitative estimate of drug-likeness (QED) is 0.433. The van der Waals surface area contributed by atoms with Gasteiger partial charge in [0.25, 0.3) is 5.91 Å². The van der Waals surface area contributed by atoms with Gasteiger partial charge >= 0.3 is 5.97 Å².